The molecule has 0 aromatic rings. The van der Waals surface area contributed by atoms with Crippen molar-refractivity contribution in [2.45, 2.75) is 51.7 Å². The first-order valence-corrected chi connectivity index (χ1v) is 7.33. The third-order valence-electron chi connectivity index (χ3n) is 4.11. The fraction of sp³-hybridized carbons (Fsp3) is 1.00. The molecule has 1 N–H and O–H groups in total. The first-order valence-electron chi connectivity index (χ1n) is 7.33. The van der Waals surface area contributed by atoms with Crippen molar-refractivity contribution in [2.24, 2.45) is 5.92 Å². The molecule has 2 rings (SSSR count). The standard InChI is InChI=1S/C14H28N2O/c1-12(2)14-11-16(8-4-7-15-14)9-6-13-5-3-10-17-13/h12-15H,3-11H2,1-2H3. The smallest absolute Gasteiger partial charge is 0.0588 e. The monoisotopic (exact) mass is 240 g/mol. The van der Waals surface area contributed by atoms with Crippen LogP contribution in [0.25, 0.3) is 0 Å². The summed E-state index contributed by atoms with van der Waals surface area (Å²) in [7, 11) is 0. The van der Waals surface area contributed by atoms with E-state index in [0.29, 0.717) is 12.1 Å². The van der Waals surface area contributed by atoms with Gasteiger partial charge in [0.15, 0.2) is 0 Å². The molecule has 0 aromatic carbocycles. The second-order valence-corrected chi connectivity index (χ2v) is 5.88. The van der Waals surface area contributed by atoms with Crippen molar-refractivity contribution in [1.29, 1.82) is 0 Å². The molecule has 17 heavy (non-hydrogen) atoms. The third kappa shape index (κ3) is 4.23. The second-order valence-electron chi connectivity index (χ2n) is 5.88. The summed E-state index contributed by atoms with van der Waals surface area (Å²) >= 11 is 0. The van der Waals surface area contributed by atoms with E-state index in [4.69, 9.17) is 4.74 Å². The number of ether oxygens (including phenoxy) is 1. The number of rotatable bonds is 4. The van der Waals surface area contributed by atoms with Crippen LogP contribution in [-0.2, 0) is 4.74 Å². The number of nitrogens with zero attached hydrogens (tertiary/aromatic N) is 1. The van der Waals surface area contributed by atoms with Gasteiger partial charge >= 0.3 is 0 Å². The summed E-state index contributed by atoms with van der Waals surface area (Å²) in [5.41, 5.74) is 0. The van der Waals surface area contributed by atoms with Crippen LogP contribution in [0, 0.1) is 5.92 Å². The SMILES string of the molecule is CC(C)C1CN(CCC2CCCO2)CCCN1. The molecule has 0 bridgehead atoms. The zero-order valence-electron chi connectivity index (χ0n) is 11.5. The molecule has 0 spiro atoms. The zero-order chi connectivity index (χ0) is 12.1. The van der Waals surface area contributed by atoms with Gasteiger partial charge in [-0.2, -0.15) is 0 Å². The molecule has 0 aliphatic carbocycles. The van der Waals surface area contributed by atoms with Crippen LogP contribution in [0.2, 0.25) is 0 Å². The lowest BCUT2D eigenvalue weighted by molar-refractivity contribution is 0.0909. The van der Waals surface area contributed by atoms with Crippen molar-refractivity contribution in [3.63, 3.8) is 0 Å². The molecule has 0 saturated carbocycles. The van der Waals surface area contributed by atoms with Gasteiger partial charge in [-0.25, -0.2) is 0 Å². The molecule has 0 amide bonds. The Morgan fingerprint density at radius 2 is 2.24 bits per heavy atom. The molecule has 2 unspecified atom stereocenters. The minimum atomic E-state index is 0.545. The maximum Gasteiger partial charge on any atom is 0.0588 e. The predicted molar refractivity (Wildman–Crippen MR) is 71.3 cm³/mol. The number of hydrogen-bond donors (Lipinski definition) is 1. The van der Waals surface area contributed by atoms with Crippen LogP contribution in [0.1, 0.15) is 39.5 Å². The van der Waals surface area contributed by atoms with Gasteiger partial charge in [0.1, 0.15) is 0 Å². The van der Waals surface area contributed by atoms with Crippen LogP contribution in [0.5, 0.6) is 0 Å². The molecule has 2 heterocycles. The molecule has 3 nitrogen and oxygen atoms in total. The summed E-state index contributed by atoms with van der Waals surface area (Å²) in [5.74, 6) is 0.735. The van der Waals surface area contributed by atoms with Crippen LogP contribution < -0.4 is 5.32 Å². The van der Waals surface area contributed by atoms with Gasteiger partial charge < -0.3 is 15.0 Å². The highest BCUT2D eigenvalue weighted by Crippen LogP contribution is 2.16. The number of hydrogen-bond acceptors (Lipinski definition) is 3. The average Bonchev–Trinajstić information content (AvgIpc) is 2.70. The molecule has 2 fully saturated rings. The van der Waals surface area contributed by atoms with Crippen molar-refractivity contribution in [1.82, 2.24) is 10.2 Å². The van der Waals surface area contributed by atoms with E-state index in [1.165, 1.54) is 51.9 Å². The van der Waals surface area contributed by atoms with E-state index in [1.807, 2.05) is 0 Å². The minimum absolute atomic E-state index is 0.545. The van der Waals surface area contributed by atoms with Gasteiger partial charge in [-0.15, -0.1) is 0 Å². The topological polar surface area (TPSA) is 24.5 Å². The Morgan fingerprint density at radius 3 is 2.94 bits per heavy atom. The summed E-state index contributed by atoms with van der Waals surface area (Å²) in [6.07, 6.45) is 5.60. The molecular formula is C14H28N2O. The van der Waals surface area contributed by atoms with E-state index in [1.54, 1.807) is 0 Å². The van der Waals surface area contributed by atoms with Gasteiger partial charge in [-0.05, 0) is 44.7 Å². The van der Waals surface area contributed by atoms with Gasteiger partial charge in [-0.1, -0.05) is 13.8 Å². The van der Waals surface area contributed by atoms with Crippen molar-refractivity contribution in [3.05, 3.63) is 0 Å². The first kappa shape index (κ1) is 13.3. The van der Waals surface area contributed by atoms with Gasteiger partial charge in [0.2, 0.25) is 0 Å². The largest absolute Gasteiger partial charge is 0.378 e. The normalized spacial score (nSPS) is 31.9. The Morgan fingerprint density at radius 1 is 1.35 bits per heavy atom. The van der Waals surface area contributed by atoms with Gasteiger partial charge in [0.25, 0.3) is 0 Å². The molecule has 2 saturated heterocycles. The lowest BCUT2D eigenvalue weighted by Gasteiger charge is -2.27. The quantitative estimate of drug-likeness (QED) is 0.812. The van der Waals surface area contributed by atoms with Gasteiger partial charge in [-0.3, -0.25) is 0 Å². The van der Waals surface area contributed by atoms with Crippen LogP contribution in [0.4, 0.5) is 0 Å². The maximum absolute atomic E-state index is 5.71. The molecule has 3 heteroatoms. The lowest BCUT2D eigenvalue weighted by atomic mass is 10.0. The Labute approximate surface area is 106 Å². The Bertz CT molecular complexity index is 214. The highest BCUT2D eigenvalue weighted by atomic mass is 16.5. The molecule has 2 atom stereocenters. The average molecular weight is 240 g/mol. The van der Waals surface area contributed by atoms with E-state index >= 15 is 0 Å². The fourth-order valence-corrected chi connectivity index (χ4v) is 2.87. The maximum atomic E-state index is 5.71. The Hall–Kier alpha value is -0.120. The highest BCUT2D eigenvalue weighted by molar-refractivity contribution is 4.79. The summed E-state index contributed by atoms with van der Waals surface area (Å²) in [4.78, 5) is 2.63. The Balaban J connectivity index is 1.73. The lowest BCUT2D eigenvalue weighted by Crippen LogP contribution is -2.41. The van der Waals surface area contributed by atoms with Crippen LogP contribution in [0.3, 0.4) is 0 Å². The molecular weight excluding hydrogens is 212 g/mol. The first-order chi connectivity index (χ1) is 8.25. The second kappa shape index (κ2) is 6.72. The summed E-state index contributed by atoms with van der Waals surface area (Å²) in [6, 6.07) is 0.669. The Kier molecular flexibility index (Phi) is 5.26. The van der Waals surface area contributed by atoms with E-state index in [-0.39, 0.29) is 0 Å². The highest BCUT2D eigenvalue weighted by Gasteiger charge is 2.22. The fourth-order valence-electron chi connectivity index (χ4n) is 2.87. The van der Waals surface area contributed by atoms with Crippen molar-refractivity contribution in [3.8, 4) is 0 Å². The van der Waals surface area contributed by atoms with E-state index < -0.39 is 0 Å². The summed E-state index contributed by atoms with van der Waals surface area (Å²) in [5, 5.41) is 3.67. The van der Waals surface area contributed by atoms with Gasteiger partial charge in [0, 0.05) is 25.7 Å². The van der Waals surface area contributed by atoms with Crippen LogP contribution in [-0.4, -0.2) is 49.8 Å². The van der Waals surface area contributed by atoms with E-state index in [2.05, 4.69) is 24.1 Å². The molecule has 0 aromatic heterocycles. The van der Waals surface area contributed by atoms with E-state index in [9.17, 15) is 0 Å². The number of nitrogens with one attached hydrogen (secondary N) is 1. The minimum Gasteiger partial charge on any atom is -0.378 e. The molecule has 2 aliphatic heterocycles. The molecule has 0 radical (unpaired) electrons. The van der Waals surface area contributed by atoms with E-state index in [0.717, 1.165) is 12.5 Å². The molecule has 2 aliphatic rings. The summed E-state index contributed by atoms with van der Waals surface area (Å²) < 4.78 is 5.71. The zero-order valence-corrected chi connectivity index (χ0v) is 11.5. The van der Waals surface area contributed by atoms with Crippen molar-refractivity contribution < 1.29 is 4.74 Å². The van der Waals surface area contributed by atoms with Crippen molar-refractivity contribution in [2.75, 3.05) is 32.8 Å². The van der Waals surface area contributed by atoms with Crippen LogP contribution >= 0.6 is 0 Å². The van der Waals surface area contributed by atoms with Crippen molar-refractivity contribution >= 4 is 0 Å². The molecule has 100 valence electrons. The third-order valence-corrected chi connectivity index (χ3v) is 4.11. The summed E-state index contributed by atoms with van der Waals surface area (Å²) in [6.45, 7) is 10.5. The van der Waals surface area contributed by atoms with Gasteiger partial charge in [0.05, 0.1) is 6.10 Å². The van der Waals surface area contributed by atoms with Crippen LogP contribution in [0.15, 0.2) is 0 Å². The predicted octanol–water partition coefficient (Wildman–Crippen LogP) is 1.88.